The molecule has 1 fully saturated rings. The van der Waals surface area contributed by atoms with Gasteiger partial charge in [0.05, 0.1) is 7.11 Å². The molecule has 1 aliphatic heterocycles. The molecule has 0 unspecified atom stereocenters. The van der Waals surface area contributed by atoms with E-state index in [4.69, 9.17) is 4.74 Å². The lowest BCUT2D eigenvalue weighted by molar-refractivity contribution is -0.132. The lowest BCUT2D eigenvalue weighted by Gasteiger charge is -2.28. The van der Waals surface area contributed by atoms with E-state index >= 15 is 0 Å². The summed E-state index contributed by atoms with van der Waals surface area (Å²) in [5.74, 6) is 1.13. The van der Waals surface area contributed by atoms with Crippen LogP contribution in [0.2, 0.25) is 0 Å². The summed E-state index contributed by atoms with van der Waals surface area (Å²) in [4.78, 5) is 16.2. The largest absolute Gasteiger partial charge is 0.497 e. The summed E-state index contributed by atoms with van der Waals surface area (Å²) in [6, 6.07) is 8.06. The monoisotopic (exact) mass is 327 g/mol. The van der Waals surface area contributed by atoms with Gasteiger partial charge < -0.3 is 19.9 Å². The molecular formula is C16H26ClN3O2. The normalized spacial score (nSPS) is 14.6. The maximum atomic E-state index is 12.1. The van der Waals surface area contributed by atoms with Crippen molar-refractivity contribution in [3.8, 4) is 5.75 Å². The average Bonchev–Trinajstić information content (AvgIpc) is 2.54. The number of carbonyl (C=O) groups is 1. The third-order valence-corrected chi connectivity index (χ3v) is 3.79. The van der Waals surface area contributed by atoms with E-state index in [9.17, 15) is 4.79 Å². The standard InChI is InChI=1S/C16H25N3O2.ClH/c1-18(13-14-3-5-15(21-2)6-4-14)10-7-16(20)19-11-8-17-9-12-19;/h3-6,17H,7-13H2,1-2H3;1H. The third kappa shape index (κ3) is 5.83. The highest BCUT2D eigenvalue weighted by Gasteiger charge is 2.16. The first kappa shape index (κ1) is 18.7. The number of ether oxygens (including phenoxy) is 1. The first-order valence-corrected chi connectivity index (χ1v) is 7.49. The number of hydrogen-bond donors (Lipinski definition) is 1. The van der Waals surface area contributed by atoms with Gasteiger partial charge in [0, 0.05) is 45.7 Å². The molecular weight excluding hydrogens is 302 g/mol. The summed E-state index contributed by atoms with van der Waals surface area (Å²) < 4.78 is 5.15. The van der Waals surface area contributed by atoms with E-state index in [1.807, 2.05) is 17.0 Å². The van der Waals surface area contributed by atoms with Gasteiger partial charge in [-0.25, -0.2) is 0 Å². The second kappa shape index (κ2) is 9.66. The molecule has 6 heteroatoms. The molecule has 0 aliphatic carbocycles. The fraction of sp³-hybridized carbons (Fsp3) is 0.562. The van der Waals surface area contributed by atoms with E-state index in [0.717, 1.165) is 45.0 Å². The van der Waals surface area contributed by atoms with Crippen LogP contribution in [0, 0.1) is 0 Å². The Morgan fingerprint density at radius 3 is 2.50 bits per heavy atom. The van der Waals surface area contributed by atoms with Crippen molar-refractivity contribution in [3.05, 3.63) is 29.8 Å². The van der Waals surface area contributed by atoms with Gasteiger partial charge in [-0.2, -0.15) is 0 Å². The molecule has 124 valence electrons. The molecule has 22 heavy (non-hydrogen) atoms. The molecule has 1 aliphatic rings. The van der Waals surface area contributed by atoms with Crippen molar-refractivity contribution in [2.24, 2.45) is 0 Å². The molecule has 0 radical (unpaired) electrons. The fourth-order valence-electron chi connectivity index (χ4n) is 2.48. The molecule has 0 aromatic heterocycles. The number of nitrogens with one attached hydrogen (secondary N) is 1. The minimum absolute atomic E-state index is 0. The number of methoxy groups -OCH3 is 1. The van der Waals surface area contributed by atoms with E-state index < -0.39 is 0 Å². The maximum Gasteiger partial charge on any atom is 0.223 e. The van der Waals surface area contributed by atoms with Crippen molar-refractivity contribution in [1.29, 1.82) is 0 Å². The molecule has 1 saturated heterocycles. The lowest BCUT2D eigenvalue weighted by atomic mass is 10.2. The summed E-state index contributed by atoms with van der Waals surface area (Å²) in [6.45, 7) is 5.12. The molecule has 0 atom stereocenters. The minimum atomic E-state index is 0. The number of amides is 1. The van der Waals surface area contributed by atoms with Gasteiger partial charge >= 0.3 is 0 Å². The highest BCUT2D eigenvalue weighted by molar-refractivity contribution is 5.85. The molecule has 5 nitrogen and oxygen atoms in total. The van der Waals surface area contributed by atoms with Gasteiger partial charge in [0.15, 0.2) is 0 Å². The second-order valence-corrected chi connectivity index (χ2v) is 5.47. The predicted octanol–water partition coefficient (Wildman–Crippen LogP) is 1.37. The zero-order chi connectivity index (χ0) is 15.1. The van der Waals surface area contributed by atoms with Crippen molar-refractivity contribution < 1.29 is 9.53 Å². The second-order valence-electron chi connectivity index (χ2n) is 5.47. The summed E-state index contributed by atoms with van der Waals surface area (Å²) in [5.41, 5.74) is 1.23. The van der Waals surface area contributed by atoms with Crippen LogP contribution in [0.3, 0.4) is 0 Å². The van der Waals surface area contributed by atoms with Gasteiger partial charge in [-0.1, -0.05) is 12.1 Å². The molecule has 1 heterocycles. The third-order valence-electron chi connectivity index (χ3n) is 3.79. The highest BCUT2D eigenvalue weighted by Crippen LogP contribution is 2.12. The van der Waals surface area contributed by atoms with E-state index in [2.05, 4.69) is 29.4 Å². The van der Waals surface area contributed by atoms with Crippen LogP contribution in [0.1, 0.15) is 12.0 Å². The highest BCUT2D eigenvalue weighted by atomic mass is 35.5. The number of benzene rings is 1. The summed E-state index contributed by atoms with van der Waals surface area (Å²) in [6.07, 6.45) is 0.590. The smallest absolute Gasteiger partial charge is 0.223 e. The quantitative estimate of drug-likeness (QED) is 0.857. The average molecular weight is 328 g/mol. The van der Waals surface area contributed by atoms with Crippen LogP contribution >= 0.6 is 12.4 Å². The van der Waals surface area contributed by atoms with Gasteiger partial charge in [-0.15, -0.1) is 12.4 Å². The molecule has 2 rings (SSSR count). The Balaban J connectivity index is 0.00000242. The van der Waals surface area contributed by atoms with Crippen LogP contribution in [-0.2, 0) is 11.3 Å². The number of rotatable bonds is 6. The zero-order valence-electron chi connectivity index (χ0n) is 13.4. The Kier molecular flexibility index (Phi) is 8.24. The molecule has 1 aromatic rings. The minimum Gasteiger partial charge on any atom is -0.497 e. The predicted molar refractivity (Wildman–Crippen MR) is 90.6 cm³/mol. The van der Waals surface area contributed by atoms with Crippen LogP contribution < -0.4 is 10.1 Å². The lowest BCUT2D eigenvalue weighted by Crippen LogP contribution is -2.47. The van der Waals surface area contributed by atoms with Crippen molar-refractivity contribution in [1.82, 2.24) is 15.1 Å². The maximum absolute atomic E-state index is 12.1. The molecule has 0 bridgehead atoms. The van der Waals surface area contributed by atoms with Crippen molar-refractivity contribution in [2.75, 3.05) is 46.9 Å². The van der Waals surface area contributed by atoms with Gasteiger partial charge in [0.1, 0.15) is 5.75 Å². The number of halogens is 1. The van der Waals surface area contributed by atoms with Crippen LogP contribution in [0.25, 0.3) is 0 Å². The number of nitrogens with zero attached hydrogens (tertiary/aromatic N) is 2. The van der Waals surface area contributed by atoms with Crippen molar-refractivity contribution in [3.63, 3.8) is 0 Å². The molecule has 1 N–H and O–H groups in total. The molecule has 0 saturated carbocycles. The first-order valence-electron chi connectivity index (χ1n) is 7.49. The van der Waals surface area contributed by atoms with Gasteiger partial charge in [0.2, 0.25) is 5.91 Å². The Morgan fingerprint density at radius 2 is 1.91 bits per heavy atom. The van der Waals surface area contributed by atoms with E-state index in [0.29, 0.717) is 6.42 Å². The Labute approximate surface area is 139 Å². The first-order chi connectivity index (χ1) is 10.2. The van der Waals surface area contributed by atoms with Gasteiger partial charge in [0.25, 0.3) is 0 Å². The van der Waals surface area contributed by atoms with E-state index in [1.165, 1.54) is 5.56 Å². The number of piperazine rings is 1. The summed E-state index contributed by atoms with van der Waals surface area (Å²) in [7, 11) is 3.72. The van der Waals surface area contributed by atoms with Gasteiger partial charge in [-0.3, -0.25) is 4.79 Å². The topological polar surface area (TPSA) is 44.8 Å². The summed E-state index contributed by atoms with van der Waals surface area (Å²) >= 11 is 0. The van der Waals surface area contributed by atoms with Crippen molar-refractivity contribution >= 4 is 18.3 Å². The Morgan fingerprint density at radius 1 is 1.27 bits per heavy atom. The molecule has 0 spiro atoms. The van der Waals surface area contributed by atoms with E-state index in [-0.39, 0.29) is 18.3 Å². The van der Waals surface area contributed by atoms with Crippen LogP contribution in [0.4, 0.5) is 0 Å². The number of hydrogen-bond acceptors (Lipinski definition) is 4. The Bertz CT molecular complexity index is 447. The summed E-state index contributed by atoms with van der Waals surface area (Å²) in [5, 5.41) is 3.26. The van der Waals surface area contributed by atoms with Crippen LogP contribution in [0.15, 0.2) is 24.3 Å². The molecule has 1 amide bonds. The zero-order valence-corrected chi connectivity index (χ0v) is 14.2. The van der Waals surface area contributed by atoms with Crippen LogP contribution in [-0.4, -0.2) is 62.6 Å². The van der Waals surface area contributed by atoms with Crippen molar-refractivity contribution in [2.45, 2.75) is 13.0 Å². The van der Waals surface area contributed by atoms with E-state index in [1.54, 1.807) is 7.11 Å². The SMILES string of the molecule is COc1ccc(CN(C)CCC(=O)N2CCNCC2)cc1.Cl. The van der Waals surface area contributed by atoms with Gasteiger partial charge in [-0.05, 0) is 24.7 Å². The Hall–Kier alpha value is -1.30. The fourth-order valence-corrected chi connectivity index (χ4v) is 2.48. The molecule has 1 aromatic carbocycles. The van der Waals surface area contributed by atoms with Crippen LogP contribution in [0.5, 0.6) is 5.75 Å². The number of carbonyl (C=O) groups excluding carboxylic acids is 1.